The molecule has 0 atom stereocenters. The number of allylic oxidation sites excluding steroid dienone is 1. The van der Waals surface area contributed by atoms with Crippen LogP contribution in [0.5, 0.6) is 11.5 Å². The fraction of sp³-hybridized carbons (Fsp3) is 0.310. The molecule has 0 aliphatic heterocycles. The minimum Gasteiger partial charge on any atom is -0.508 e. The first-order chi connectivity index (χ1) is 15.7. The van der Waals surface area contributed by atoms with Crippen LogP contribution in [0.2, 0.25) is 0 Å². The molecule has 0 bridgehead atoms. The maximum Gasteiger partial charge on any atom is 0.119 e. The fourth-order valence-corrected chi connectivity index (χ4v) is 3.91. The van der Waals surface area contributed by atoms with Crippen molar-refractivity contribution in [2.75, 3.05) is 20.2 Å². The Hall–Kier alpha value is -3.04. The fourth-order valence-electron chi connectivity index (χ4n) is 3.91. The van der Waals surface area contributed by atoms with E-state index < -0.39 is 0 Å². The van der Waals surface area contributed by atoms with E-state index in [0.29, 0.717) is 6.61 Å². The molecule has 3 nitrogen and oxygen atoms in total. The van der Waals surface area contributed by atoms with Crippen molar-refractivity contribution in [1.29, 1.82) is 0 Å². The Balaban J connectivity index is 2.05. The van der Waals surface area contributed by atoms with E-state index in [1.165, 1.54) is 36.0 Å². The molecular weight excluding hydrogens is 394 g/mol. The van der Waals surface area contributed by atoms with Crippen molar-refractivity contribution in [2.45, 2.75) is 39.0 Å². The summed E-state index contributed by atoms with van der Waals surface area (Å²) in [5.74, 6) is 1.16. The van der Waals surface area contributed by atoms with Gasteiger partial charge in [0.1, 0.15) is 18.1 Å². The van der Waals surface area contributed by atoms with Gasteiger partial charge in [-0.25, -0.2) is 0 Å². The predicted octanol–water partition coefficient (Wildman–Crippen LogP) is 6.92. The van der Waals surface area contributed by atoms with Gasteiger partial charge in [-0.1, -0.05) is 80.8 Å². The third kappa shape index (κ3) is 6.73. The van der Waals surface area contributed by atoms with Gasteiger partial charge in [-0.05, 0) is 72.0 Å². The van der Waals surface area contributed by atoms with Crippen LogP contribution in [0.25, 0.3) is 11.1 Å². The van der Waals surface area contributed by atoms with Crippen molar-refractivity contribution in [2.24, 2.45) is 0 Å². The van der Waals surface area contributed by atoms with Gasteiger partial charge in [0.25, 0.3) is 0 Å². The number of hydrogen-bond donors (Lipinski definition) is 2. The van der Waals surface area contributed by atoms with Crippen molar-refractivity contribution in [3.8, 4) is 11.5 Å². The second kappa shape index (κ2) is 12.7. The number of phenols is 1. The number of unbranched alkanes of at least 4 members (excludes halogenated alkanes) is 3. The van der Waals surface area contributed by atoms with Crippen molar-refractivity contribution in [3.63, 3.8) is 0 Å². The van der Waals surface area contributed by atoms with Crippen LogP contribution >= 0.6 is 0 Å². The van der Waals surface area contributed by atoms with E-state index >= 15 is 0 Å². The molecule has 0 heterocycles. The molecule has 2 N–H and O–H groups in total. The molecule has 0 amide bonds. The highest BCUT2D eigenvalue weighted by molar-refractivity contribution is 5.98. The third-order valence-corrected chi connectivity index (χ3v) is 5.62. The minimum atomic E-state index is 0.283. The molecule has 0 fully saturated rings. The first kappa shape index (κ1) is 23.6. The molecule has 0 aromatic heterocycles. The molecule has 0 saturated heterocycles. The van der Waals surface area contributed by atoms with Crippen molar-refractivity contribution in [3.05, 3.63) is 95.6 Å². The Morgan fingerprint density at radius 2 is 1.44 bits per heavy atom. The van der Waals surface area contributed by atoms with Gasteiger partial charge in [0.2, 0.25) is 0 Å². The SMILES string of the molecule is CCCCCC/C(=C(\c1ccc(O)cc1)c1ccc(OCCNC)cc1)c1ccccc1. The molecule has 0 radical (unpaired) electrons. The number of nitrogens with one attached hydrogen (secondary N) is 1. The standard InChI is InChI=1S/C29H35NO2/c1-3-4-5-9-12-28(23-10-7-6-8-11-23)29(24-13-17-26(31)18-14-24)25-15-19-27(20-16-25)32-22-21-30-2/h6-8,10-11,13-20,30-31H,3-5,9,12,21-22H2,1-2H3/b29-28-. The Morgan fingerprint density at radius 3 is 2.06 bits per heavy atom. The van der Waals surface area contributed by atoms with Crippen LogP contribution in [0.3, 0.4) is 0 Å². The van der Waals surface area contributed by atoms with Gasteiger partial charge in [0, 0.05) is 6.54 Å². The van der Waals surface area contributed by atoms with Crippen LogP contribution in [0.1, 0.15) is 55.7 Å². The average Bonchev–Trinajstić information content (AvgIpc) is 2.83. The lowest BCUT2D eigenvalue weighted by atomic mass is 9.86. The molecule has 0 saturated carbocycles. The highest BCUT2D eigenvalue weighted by atomic mass is 16.5. The minimum absolute atomic E-state index is 0.283. The Morgan fingerprint density at radius 1 is 0.781 bits per heavy atom. The van der Waals surface area contributed by atoms with Gasteiger partial charge >= 0.3 is 0 Å². The monoisotopic (exact) mass is 429 g/mol. The van der Waals surface area contributed by atoms with E-state index in [9.17, 15) is 5.11 Å². The Kier molecular flexibility index (Phi) is 9.39. The zero-order valence-corrected chi connectivity index (χ0v) is 19.3. The zero-order chi connectivity index (χ0) is 22.6. The van der Waals surface area contributed by atoms with Crippen molar-refractivity contribution < 1.29 is 9.84 Å². The molecule has 3 heteroatoms. The van der Waals surface area contributed by atoms with Gasteiger partial charge in [0.15, 0.2) is 0 Å². The lowest BCUT2D eigenvalue weighted by Crippen LogP contribution is -2.15. The van der Waals surface area contributed by atoms with Crippen LogP contribution in [0.4, 0.5) is 0 Å². The predicted molar refractivity (Wildman–Crippen MR) is 135 cm³/mol. The van der Waals surface area contributed by atoms with E-state index in [1.54, 1.807) is 12.1 Å². The quantitative estimate of drug-likeness (QED) is 0.242. The summed E-state index contributed by atoms with van der Waals surface area (Å²) in [7, 11) is 1.92. The number of likely N-dealkylation sites (N-methyl/N-ethyl adjacent to an activating group) is 1. The summed E-state index contributed by atoms with van der Waals surface area (Å²) in [6.07, 6.45) is 5.89. The summed E-state index contributed by atoms with van der Waals surface area (Å²) in [5.41, 5.74) is 6.08. The van der Waals surface area contributed by atoms with Crippen molar-refractivity contribution in [1.82, 2.24) is 5.32 Å². The summed E-state index contributed by atoms with van der Waals surface area (Å²) in [6.45, 7) is 3.70. The third-order valence-electron chi connectivity index (χ3n) is 5.62. The maximum atomic E-state index is 9.87. The summed E-state index contributed by atoms with van der Waals surface area (Å²) in [6, 6.07) is 26.6. The Bertz CT molecular complexity index is 960. The van der Waals surface area contributed by atoms with Gasteiger partial charge in [-0.15, -0.1) is 0 Å². The summed E-state index contributed by atoms with van der Waals surface area (Å²) >= 11 is 0. The molecule has 3 aromatic rings. The van der Waals surface area contributed by atoms with Gasteiger partial charge in [-0.2, -0.15) is 0 Å². The average molecular weight is 430 g/mol. The first-order valence-corrected chi connectivity index (χ1v) is 11.7. The summed E-state index contributed by atoms with van der Waals surface area (Å²) in [4.78, 5) is 0. The lowest BCUT2D eigenvalue weighted by molar-refractivity contribution is 0.318. The largest absolute Gasteiger partial charge is 0.508 e. The van der Waals surface area contributed by atoms with Crippen LogP contribution < -0.4 is 10.1 Å². The maximum absolute atomic E-state index is 9.87. The lowest BCUT2D eigenvalue weighted by Gasteiger charge is -2.18. The summed E-state index contributed by atoms with van der Waals surface area (Å²) in [5, 5.41) is 13.0. The number of hydrogen-bond acceptors (Lipinski definition) is 3. The molecule has 168 valence electrons. The number of phenolic OH excluding ortho intramolecular Hbond substituents is 1. The molecule has 0 spiro atoms. The molecule has 0 aliphatic carbocycles. The number of aromatic hydroxyl groups is 1. The van der Waals surface area contributed by atoms with E-state index in [2.05, 4.69) is 54.7 Å². The molecule has 0 unspecified atom stereocenters. The normalized spacial score (nSPS) is 11.8. The molecule has 3 aromatic carbocycles. The molecule has 32 heavy (non-hydrogen) atoms. The Labute approximate surface area is 192 Å². The smallest absolute Gasteiger partial charge is 0.119 e. The van der Waals surface area contributed by atoms with Gasteiger partial charge < -0.3 is 15.2 Å². The topological polar surface area (TPSA) is 41.5 Å². The number of rotatable bonds is 12. The van der Waals surface area contributed by atoms with Crippen LogP contribution in [0.15, 0.2) is 78.9 Å². The van der Waals surface area contributed by atoms with Crippen LogP contribution in [-0.4, -0.2) is 25.3 Å². The van der Waals surface area contributed by atoms with Crippen LogP contribution in [-0.2, 0) is 0 Å². The van der Waals surface area contributed by atoms with Crippen molar-refractivity contribution >= 4 is 11.1 Å². The van der Waals surface area contributed by atoms with Gasteiger partial charge in [0.05, 0.1) is 0 Å². The number of ether oxygens (including phenoxy) is 1. The molecule has 0 aliphatic rings. The van der Waals surface area contributed by atoms with E-state index in [0.717, 1.165) is 36.3 Å². The first-order valence-electron chi connectivity index (χ1n) is 11.7. The highest BCUT2D eigenvalue weighted by Crippen LogP contribution is 2.36. The second-order valence-electron chi connectivity index (χ2n) is 8.05. The van der Waals surface area contributed by atoms with E-state index in [-0.39, 0.29) is 5.75 Å². The number of benzene rings is 3. The van der Waals surface area contributed by atoms with Crippen LogP contribution in [0, 0.1) is 0 Å². The molecular formula is C29H35NO2. The molecule has 3 rings (SSSR count). The van der Waals surface area contributed by atoms with E-state index in [1.807, 2.05) is 31.3 Å². The summed E-state index contributed by atoms with van der Waals surface area (Å²) < 4.78 is 5.83. The van der Waals surface area contributed by atoms with E-state index in [4.69, 9.17) is 4.74 Å². The highest BCUT2D eigenvalue weighted by Gasteiger charge is 2.14. The zero-order valence-electron chi connectivity index (χ0n) is 19.3. The second-order valence-corrected chi connectivity index (χ2v) is 8.05. The van der Waals surface area contributed by atoms with Gasteiger partial charge in [-0.3, -0.25) is 0 Å².